The lowest BCUT2D eigenvalue weighted by Crippen LogP contribution is -1.99. The van der Waals surface area contributed by atoms with Crippen LogP contribution in [-0.4, -0.2) is 12.6 Å². The van der Waals surface area contributed by atoms with Crippen LogP contribution in [0.1, 0.15) is 12.8 Å². The van der Waals surface area contributed by atoms with Crippen LogP contribution in [0.2, 0.25) is 0 Å². The minimum absolute atomic E-state index is 0.0856. The molecule has 2 rings (SSSR count). The predicted molar refractivity (Wildman–Crippen MR) is 31.8 cm³/mol. The maximum atomic E-state index is 10.8. The SMILES string of the molecule is O=C1OCC=C1C1CC1. The maximum Gasteiger partial charge on any atom is 0.334 e. The van der Waals surface area contributed by atoms with Gasteiger partial charge in [-0.2, -0.15) is 0 Å². The molecule has 2 nitrogen and oxygen atoms in total. The summed E-state index contributed by atoms with van der Waals surface area (Å²) < 4.78 is 4.74. The van der Waals surface area contributed by atoms with Crippen LogP contribution in [0, 0.1) is 5.92 Å². The van der Waals surface area contributed by atoms with Gasteiger partial charge in [-0.1, -0.05) is 0 Å². The van der Waals surface area contributed by atoms with Gasteiger partial charge in [0.15, 0.2) is 0 Å². The van der Waals surface area contributed by atoms with Crippen molar-refractivity contribution in [1.82, 2.24) is 0 Å². The van der Waals surface area contributed by atoms with E-state index < -0.39 is 0 Å². The molecule has 0 radical (unpaired) electrons. The molecule has 0 atom stereocenters. The molecule has 0 saturated heterocycles. The fourth-order valence-electron chi connectivity index (χ4n) is 1.10. The van der Waals surface area contributed by atoms with E-state index in [2.05, 4.69) is 0 Å². The molecule has 1 saturated carbocycles. The molecule has 9 heavy (non-hydrogen) atoms. The first-order valence-electron chi connectivity index (χ1n) is 3.25. The number of cyclic esters (lactones) is 1. The van der Waals surface area contributed by atoms with Crippen LogP contribution >= 0.6 is 0 Å². The second kappa shape index (κ2) is 1.59. The average Bonchev–Trinajstić information content (AvgIpc) is 2.58. The molecule has 0 amide bonds. The van der Waals surface area contributed by atoms with Crippen molar-refractivity contribution >= 4 is 5.97 Å². The van der Waals surface area contributed by atoms with Gasteiger partial charge < -0.3 is 4.74 Å². The van der Waals surface area contributed by atoms with Gasteiger partial charge in [0.25, 0.3) is 0 Å². The summed E-state index contributed by atoms with van der Waals surface area (Å²) in [6.07, 6.45) is 4.27. The van der Waals surface area contributed by atoms with E-state index in [4.69, 9.17) is 4.74 Å². The zero-order valence-corrected chi connectivity index (χ0v) is 5.09. The van der Waals surface area contributed by atoms with Crippen molar-refractivity contribution in [2.45, 2.75) is 12.8 Å². The molecule has 0 aromatic rings. The summed E-state index contributed by atoms with van der Waals surface area (Å²) in [7, 11) is 0. The Bertz CT molecular complexity index is 177. The normalized spacial score (nSPS) is 25.8. The molecule has 2 heteroatoms. The molecule has 48 valence electrons. The Balaban J connectivity index is 2.16. The Morgan fingerprint density at radius 2 is 2.33 bits per heavy atom. The minimum atomic E-state index is -0.0856. The Morgan fingerprint density at radius 3 is 2.78 bits per heavy atom. The predicted octanol–water partition coefficient (Wildman–Crippen LogP) is 0.880. The monoisotopic (exact) mass is 124 g/mol. The number of rotatable bonds is 1. The largest absolute Gasteiger partial charge is 0.458 e. The smallest absolute Gasteiger partial charge is 0.334 e. The van der Waals surface area contributed by atoms with E-state index in [0.29, 0.717) is 12.5 Å². The van der Waals surface area contributed by atoms with E-state index in [-0.39, 0.29) is 5.97 Å². The van der Waals surface area contributed by atoms with Crippen molar-refractivity contribution in [2.24, 2.45) is 5.92 Å². The summed E-state index contributed by atoms with van der Waals surface area (Å²) in [5.74, 6) is 0.470. The summed E-state index contributed by atoms with van der Waals surface area (Å²) in [5.41, 5.74) is 0.926. The van der Waals surface area contributed by atoms with Gasteiger partial charge in [0.1, 0.15) is 6.61 Å². The molecule has 0 aromatic heterocycles. The maximum absolute atomic E-state index is 10.8. The van der Waals surface area contributed by atoms with Crippen molar-refractivity contribution in [3.05, 3.63) is 11.6 Å². The van der Waals surface area contributed by atoms with E-state index in [1.807, 2.05) is 6.08 Å². The summed E-state index contributed by atoms with van der Waals surface area (Å²) in [6.45, 7) is 0.505. The highest BCUT2D eigenvalue weighted by atomic mass is 16.5. The molecular formula is C7H8O2. The Morgan fingerprint density at radius 1 is 1.56 bits per heavy atom. The zero-order chi connectivity index (χ0) is 6.27. The summed E-state index contributed by atoms with van der Waals surface area (Å²) in [6, 6.07) is 0. The molecule has 1 aliphatic carbocycles. The third-order valence-electron chi connectivity index (χ3n) is 1.77. The molecule has 1 aliphatic heterocycles. The first-order valence-corrected chi connectivity index (χ1v) is 3.25. The molecular weight excluding hydrogens is 116 g/mol. The van der Waals surface area contributed by atoms with Crippen LogP contribution in [0.3, 0.4) is 0 Å². The van der Waals surface area contributed by atoms with Gasteiger partial charge in [-0.05, 0) is 24.8 Å². The van der Waals surface area contributed by atoms with Crippen LogP contribution in [0.4, 0.5) is 0 Å². The standard InChI is InChI=1S/C7H8O2/c8-7-6(3-4-9-7)5-1-2-5/h3,5H,1-2,4H2. The molecule has 2 aliphatic rings. The van der Waals surface area contributed by atoms with Crippen molar-refractivity contribution in [3.8, 4) is 0 Å². The van der Waals surface area contributed by atoms with Gasteiger partial charge in [-0.3, -0.25) is 0 Å². The van der Waals surface area contributed by atoms with Crippen molar-refractivity contribution < 1.29 is 9.53 Å². The molecule has 0 spiro atoms. The number of carbonyl (C=O) groups excluding carboxylic acids is 1. The second-order valence-corrected chi connectivity index (χ2v) is 2.53. The lowest BCUT2D eigenvalue weighted by molar-refractivity contribution is -0.136. The van der Waals surface area contributed by atoms with E-state index >= 15 is 0 Å². The quantitative estimate of drug-likeness (QED) is 0.485. The molecule has 1 fully saturated rings. The average molecular weight is 124 g/mol. The lowest BCUT2D eigenvalue weighted by Gasteiger charge is -1.91. The third-order valence-corrected chi connectivity index (χ3v) is 1.77. The van der Waals surface area contributed by atoms with Crippen LogP contribution in [-0.2, 0) is 9.53 Å². The Labute approximate surface area is 53.5 Å². The van der Waals surface area contributed by atoms with Crippen LogP contribution in [0.5, 0.6) is 0 Å². The minimum Gasteiger partial charge on any atom is -0.458 e. The number of hydrogen-bond donors (Lipinski definition) is 0. The number of ether oxygens (including phenoxy) is 1. The number of carbonyl (C=O) groups is 1. The highest BCUT2D eigenvalue weighted by Gasteiger charge is 2.33. The zero-order valence-electron chi connectivity index (χ0n) is 5.09. The van der Waals surface area contributed by atoms with Gasteiger partial charge in [-0.25, -0.2) is 4.79 Å². The van der Waals surface area contributed by atoms with Gasteiger partial charge in [-0.15, -0.1) is 0 Å². The summed E-state index contributed by atoms with van der Waals surface area (Å²) in [5, 5.41) is 0. The van der Waals surface area contributed by atoms with Crippen molar-refractivity contribution in [1.29, 1.82) is 0 Å². The third kappa shape index (κ3) is 0.745. The topological polar surface area (TPSA) is 26.3 Å². The molecule has 0 unspecified atom stereocenters. The highest BCUT2D eigenvalue weighted by molar-refractivity contribution is 5.91. The number of hydrogen-bond acceptors (Lipinski definition) is 2. The van der Waals surface area contributed by atoms with Gasteiger partial charge in [0.05, 0.1) is 0 Å². The van der Waals surface area contributed by atoms with E-state index in [1.54, 1.807) is 0 Å². The van der Waals surface area contributed by atoms with Crippen LogP contribution in [0.15, 0.2) is 11.6 Å². The van der Waals surface area contributed by atoms with E-state index in [0.717, 1.165) is 5.57 Å². The fraction of sp³-hybridized carbons (Fsp3) is 0.571. The van der Waals surface area contributed by atoms with Crippen LogP contribution < -0.4 is 0 Å². The van der Waals surface area contributed by atoms with Crippen molar-refractivity contribution in [3.63, 3.8) is 0 Å². The first kappa shape index (κ1) is 5.03. The molecule has 0 aromatic carbocycles. The van der Waals surface area contributed by atoms with Gasteiger partial charge in [0, 0.05) is 5.57 Å². The number of esters is 1. The summed E-state index contributed by atoms with van der Waals surface area (Å²) >= 11 is 0. The Kier molecular flexibility index (Phi) is 0.891. The Hall–Kier alpha value is -0.790. The fourth-order valence-corrected chi connectivity index (χ4v) is 1.10. The van der Waals surface area contributed by atoms with Gasteiger partial charge >= 0.3 is 5.97 Å². The lowest BCUT2D eigenvalue weighted by atomic mass is 10.2. The molecule has 0 bridgehead atoms. The second-order valence-electron chi connectivity index (χ2n) is 2.53. The summed E-state index contributed by atoms with van der Waals surface area (Å²) in [4.78, 5) is 10.8. The highest BCUT2D eigenvalue weighted by Crippen LogP contribution is 2.38. The first-order chi connectivity index (χ1) is 4.38. The van der Waals surface area contributed by atoms with Gasteiger partial charge in [0.2, 0.25) is 0 Å². The molecule has 0 N–H and O–H groups in total. The van der Waals surface area contributed by atoms with E-state index in [9.17, 15) is 4.79 Å². The molecule has 1 heterocycles. The van der Waals surface area contributed by atoms with Crippen molar-refractivity contribution in [2.75, 3.05) is 6.61 Å². The van der Waals surface area contributed by atoms with Crippen LogP contribution in [0.25, 0.3) is 0 Å². The van der Waals surface area contributed by atoms with E-state index in [1.165, 1.54) is 12.8 Å².